The molecule has 0 radical (unpaired) electrons. The molecule has 0 rings (SSSR count). The topological polar surface area (TPSA) is 72.8 Å². The molecule has 1 N–H and O–H groups in total. The fourth-order valence-corrected chi connectivity index (χ4v) is 6.68. The van der Waals surface area contributed by atoms with Gasteiger partial charge in [-0.2, -0.15) is 0 Å². The number of aliphatic hydroxyl groups excluding tert-OH is 1. The van der Waals surface area contributed by atoms with Gasteiger partial charge in [0.05, 0.1) is 6.61 Å². The van der Waals surface area contributed by atoms with Gasteiger partial charge in [-0.3, -0.25) is 9.59 Å². The Balaban J connectivity index is 3.63. The number of allylic oxidation sites excluding steroid dienone is 24. The molecule has 0 aromatic carbocycles. The van der Waals surface area contributed by atoms with E-state index in [1.165, 1.54) is 44.9 Å². The van der Waals surface area contributed by atoms with E-state index < -0.39 is 6.10 Å². The first-order chi connectivity index (χ1) is 32.6. The van der Waals surface area contributed by atoms with Crippen LogP contribution in [0.5, 0.6) is 0 Å². The highest BCUT2D eigenvalue weighted by molar-refractivity contribution is 5.70. The van der Waals surface area contributed by atoms with Gasteiger partial charge in [0, 0.05) is 12.8 Å². The van der Waals surface area contributed by atoms with Gasteiger partial charge in [-0.25, -0.2) is 0 Å². The Bertz CT molecular complexity index is 1450. The molecule has 5 heteroatoms. The van der Waals surface area contributed by atoms with Crippen molar-refractivity contribution < 1.29 is 24.2 Å². The number of aliphatic hydroxyl groups is 1. The third-order valence-corrected chi connectivity index (χ3v) is 10.6. The van der Waals surface area contributed by atoms with Crippen molar-refractivity contribution >= 4 is 11.9 Å². The summed E-state index contributed by atoms with van der Waals surface area (Å²) in [5, 5.41) is 9.60. The standard InChI is InChI=1S/C61H96O5/c1-3-5-7-9-11-13-15-17-18-19-20-21-22-23-24-25-26-27-28-29-30-31-32-33-34-35-36-37-38-39-40-41-42-44-46-48-50-52-54-56-61(64)66-59(57-62)58-65-60(63)55-53-51-49-47-45-43-16-14-12-10-8-6-4-2/h5,7-8,10-11,13-14,16-18,20-21,23-24,26-27,29-30,32-33,35-36,38-39,59,62H,3-4,6,9,12,15,19,22,25,28,31,34,37,40-58H2,1-2H3/b7-5-,10-8-,13-11-,16-14-,18-17-,21-20-,24-23-,27-26-,30-29-,33-32-,36-35-,39-38-. The molecule has 0 saturated heterocycles. The molecule has 0 aromatic rings. The summed E-state index contributed by atoms with van der Waals surface area (Å²) < 4.78 is 10.6. The van der Waals surface area contributed by atoms with Crippen molar-refractivity contribution in [2.45, 2.75) is 213 Å². The van der Waals surface area contributed by atoms with Gasteiger partial charge < -0.3 is 14.6 Å². The Morgan fingerprint density at radius 1 is 0.364 bits per heavy atom. The summed E-state index contributed by atoms with van der Waals surface area (Å²) >= 11 is 0. The Hall–Kier alpha value is -4.22. The highest BCUT2D eigenvalue weighted by Gasteiger charge is 2.16. The lowest BCUT2D eigenvalue weighted by molar-refractivity contribution is -0.161. The van der Waals surface area contributed by atoms with Crippen LogP contribution in [-0.4, -0.2) is 36.4 Å². The van der Waals surface area contributed by atoms with Crippen molar-refractivity contribution in [1.82, 2.24) is 0 Å². The number of unbranched alkanes of at least 4 members (excludes halogenated alkanes) is 14. The predicted octanol–water partition coefficient (Wildman–Crippen LogP) is 17.9. The fourth-order valence-electron chi connectivity index (χ4n) is 6.68. The van der Waals surface area contributed by atoms with Crippen LogP contribution in [0.1, 0.15) is 206 Å². The van der Waals surface area contributed by atoms with Gasteiger partial charge in [0.25, 0.3) is 0 Å². The Kier molecular flexibility index (Phi) is 51.6. The molecule has 0 aliphatic rings. The van der Waals surface area contributed by atoms with E-state index in [4.69, 9.17) is 9.47 Å². The summed E-state index contributed by atoms with van der Waals surface area (Å²) in [5.74, 6) is -0.628. The van der Waals surface area contributed by atoms with E-state index in [0.29, 0.717) is 12.8 Å². The SMILES string of the molecule is CC/C=C\C/C=C\C/C=C\C/C=C\C/C=C\C/C=C\C/C=C\C/C=C\C/C=C\C/C=C\CCCCCCCCCCC(=O)OC(CO)COC(=O)CCCCCCC/C=C\C/C=C\CCC. The molecule has 66 heavy (non-hydrogen) atoms. The highest BCUT2D eigenvalue weighted by Crippen LogP contribution is 2.13. The molecule has 0 fully saturated rings. The molecule has 0 aliphatic carbocycles. The molecule has 0 amide bonds. The minimum atomic E-state index is -0.792. The number of rotatable bonds is 46. The first-order valence-electron chi connectivity index (χ1n) is 26.4. The third kappa shape index (κ3) is 52.4. The second-order valence-electron chi connectivity index (χ2n) is 16.9. The summed E-state index contributed by atoms with van der Waals surface area (Å²) in [6.45, 7) is 3.92. The smallest absolute Gasteiger partial charge is 0.306 e. The van der Waals surface area contributed by atoms with Gasteiger partial charge in [-0.1, -0.05) is 224 Å². The van der Waals surface area contributed by atoms with Gasteiger partial charge in [0.1, 0.15) is 6.61 Å². The summed E-state index contributed by atoms with van der Waals surface area (Å²) in [6.07, 6.45) is 83.8. The first kappa shape index (κ1) is 61.8. The van der Waals surface area contributed by atoms with Crippen LogP contribution in [-0.2, 0) is 19.1 Å². The van der Waals surface area contributed by atoms with E-state index in [0.717, 1.165) is 135 Å². The van der Waals surface area contributed by atoms with Gasteiger partial charge in [0.2, 0.25) is 0 Å². The van der Waals surface area contributed by atoms with Crippen molar-refractivity contribution in [2.75, 3.05) is 13.2 Å². The average Bonchev–Trinajstić information content (AvgIpc) is 3.32. The molecular weight excluding hydrogens is 813 g/mol. The molecule has 1 unspecified atom stereocenters. The number of esters is 2. The zero-order valence-corrected chi connectivity index (χ0v) is 42.1. The van der Waals surface area contributed by atoms with E-state index in [2.05, 4.69) is 160 Å². The molecule has 1 atom stereocenters. The van der Waals surface area contributed by atoms with Crippen LogP contribution in [0.25, 0.3) is 0 Å². The number of carbonyl (C=O) groups excluding carboxylic acids is 2. The first-order valence-corrected chi connectivity index (χ1v) is 26.4. The lowest BCUT2D eigenvalue weighted by Crippen LogP contribution is -2.28. The van der Waals surface area contributed by atoms with Crippen LogP contribution in [0.3, 0.4) is 0 Å². The summed E-state index contributed by atoms with van der Waals surface area (Å²) in [6, 6.07) is 0. The summed E-state index contributed by atoms with van der Waals surface area (Å²) in [5.41, 5.74) is 0. The van der Waals surface area contributed by atoms with Crippen LogP contribution in [0.15, 0.2) is 146 Å². The maximum atomic E-state index is 12.3. The van der Waals surface area contributed by atoms with E-state index in [1.54, 1.807) is 0 Å². The minimum absolute atomic E-state index is 0.0848. The minimum Gasteiger partial charge on any atom is -0.462 e. The quantitative estimate of drug-likeness (QED) is 0.0374. The van der Waals surface area contributed by atoms with E-state index >= 15 is 0 Å². The second-order valence-corrected chi connectivity index (χ2v) is 16.9. The molecule has 5 nitrogen and oxygen atoms in total. The average molecular weight is 909 g/mol. The molecule has 0 saturated carbocycles. The van der Waals surface area contributed by atoms with E-state index in [-0.39, 0.29) is 25.2 Å². The van der Waals surface area contributed by atoms with E-state index in [1.807, 2.05) is 0 Å². The van der Waals surface area contributed by atoms with Crippen molar-refractivity contribution in [3.63, 3.8) is 0 Å². The van der Waals surface area contributed by atoms with Crippen LogP contribution in [0.2, 0.25) is 0 Å². The van der Waals surface area contributed by atoms with Crippen molar-refractivity contribution in [1.29, 1.82) is 0 Å². The zero-order valence-electron chi connectivity index (χ0n) is 42.1. The van der Waals surface area contributed by atoms with E-state index in [9.17, 15) is 14.7 Å². The maximum Gasteiger partial charge on any atom is 0.306 e. The van der Waals surface area contributed by atoms with Gasteiger partial charge >= 0.3 is 11.9 Å². The predicted molar refractivity (Wildman–Crippen MR) is 287 cm³/mol. The number of hydrogen-bond acceptors (Lipinski definition) is 5. The summed E-state index contributed by atoms with van der Waals surface area (Å²) in [4.78, 5) is 24.4. The normalized spacial score (nSPS) is 13.4. The number of carbonyl (C=O) groups is 2. The van der Waals surface area contributed by atoms with Crippen LogP contribution in [0.4, 0.5) is 0 Å². The molecule has 0 heterocycles. The lowest BCUT2D eigenvalue weighted by Gasteiger charge is -2.15. The Labute approximate surface area is 406 Å². The molecular formula is C61H96O5. The second kappa shape index (κ2) is 55.1. The third-order valence-electron chi connectivity index (χ3n) is 10.6. The molecule has 370 valence electrons. The van der Waals surface area contributed by atoms with Crippen LogP contribution >= 0.6 is 0 Å². The van der Waals surface area contributed by atoms with Gasteiger partial charge in [-0.15, -0.1) is 0 Å². The van der Waals surface area contributed by atoms with Gasteiger partial charge in [-0.05, 0) is 116 Å². The highest BCUT2D eigenvalue weighted by atomic mass is 16.6. The molecule has 0 aliphatic heterocycles. The van der Waals surface area contributed by atoms with Crippen LogP contribution < -0.4 is 0 Å². The van der Waals surface area contributed by atoms with Crippen molar-refractivity contribution in [3.05, 3.63) is 146 Å². The van der Waals surface area contributed by atoms with Crippen molar-refractivity contribution in [2.24, 2.45) is 0 Å². The van der Waals surface area contributed by atoms with Crippen molar-refractivity contribution in [3.8, 4) is 0 Å². The monoisotopic (exact) mass is 909 g/mol. The molecule has 0 spiro atoms. The van der Waals surface area contributed by atoms with Gasteiger partial charge in [0.15, 0.2) is 6.10 Å². The Morgan fingerprint density at radius 2 is 0.652 bits per heavy atom. The summed E-state index contributed by atoms with van der Waals surface area (Å²) in [7, 11) is 0. The number of ether oxygens (including phenoxy) is 2. The lowest BCUT2D eigenvalue weighted by atomic mass is 10.1. The zero-order chi connectivity index (χ0) is 47.7. The maximum absolute atomic E-state index is 12.3. The fraction of sp³-hybridized carbons (Fsp3) is 0.574. The molecule has 0 aromatic heterocycles. The largest absolute Gasteiger partial charge is 0.462 e. The molecule has 0 bridgehead atoms. The Morgan fingerprint density at radius 3 is 0.985 bits per heavy atom. The number of hydrogen-bond donors (Lipinski definition) is 1. The van der Waals surface area contributed by atoms with Crippen LogP contribution in [0, 0.1) is 0 Å².